The fourth-order valence-corrected chi connectivity index (χ4v) is 2.82. The molecule has 1 aliphatic heterocycles. The number of benzene rings is 2. The molecule has 0 radical (unpaired) electrons. The second-order valence-corrected chi connectivity index (χ2v) is 6.11. The zero-order valence-electron chi connectivity index (χ0n) is 12.8. The van der Waals surface area contributed by atoms with Crippen LogP contribution >= 0.6 is 11.6 Å². The molecule has 1 heterocycles. The molecule has 0 bridgehead atoms. The SMILES string of the molecule is CC1CC(=O)N(CC(=O)c2ccc(Cl)cc2)c2ccccc2N1. The largest absolute Gasteiger partial charge is 0.380 e. The number of carbonyl (C=O) groups is 2. The van der Waals surface area contributed by atoms with E-state index in [2.05, 4.69) is 5.32 Å². The topological polar surface area (TPSA) is 49.4 Å². The van der Waals surface area contributed by atoms with Crippen molar-refractivity contribution in [2.24, 2.45) is 0 Å². The van der Waals surface area contributed by atoms with Crippen molar-refractivity contribution < 1.29 is 9.59 Å². The minimum absolute atomic E-state index is 0.0197. The van der Waals surface area contributed by atoms with Gasteiger partial charge in [-0.25, -0.2) is 0 Å². The Morgan fingerprint density at radius 2 is 1.91 bits per heavy atom. The summed E-state index contributed by atoms with van der Waals surface area (Å²) < 4.78 is 0. The van der Waals surface area contributed by atoms with E-state index in [1.165, 1.54) is 0 Å². The Morgan fingerprint density at radius 1 is 1.22 bits per heavy atom. The van der Waals surface area contributed by atoms with E-state index in [4.69, 9.17) is 11.6 Å². The number of nitrogens with one attached hydrogen (secondary N) is 1. The van der Waals surface area contributed by atoms with Gasteiger partial charge < -0.3 is 10.2 Å². The molecule has 1 atom stereocenters. The van der Waals surface area contributed by atoms with E-state index in [-0.39, 0.29) is 24.3 Å². The first kappa shape index (κ1) is 15.6. The smallest absolute Gasteiger partial charge is 0.229 e. The molecule has 2 aromatic rings. The van der Waals surface area contributed by atoms with Crippen molar-refractivity contribution in [2.45, 2.75) is 19.4 Å². The molecule has 1 N–H and O–H groups in total. The molecule has 1 aliphatic rings. The number of carbonyl (C=O) groups excluding carboxylic acids is 2. The highest BCUT2D eigenvalue weighted by molar-refractivity contribution is 6.30. The van der Waals surface area contributed by atoms with Crippen LogP contribution in [0.25, 0.3) is 0 Å². The van der Waals surface area contributed by atoms with Crippen LogP contribution in [0, 0.1) is 0 Å². The van der Waals surface area contributed by atoms with E-state index in [9.17, 15) is 9.59 Å². The van der Waals surface area contributed by atoms with Crippen molar-refractivity contribution in [3.8, 4) is 0 Å². The third kappa shape index (κ3) is 3.37. The molecule has 23 heavy (non-hydrogen) atoms. The molecule has 1 unspecified atom stereocenters. The van der Waals surface area contributed by atoms with Gasteiger partial charge in [0.1, 0.15) is 0 Å². The third-order valence-corrected chi connectivity index (χ3v) is 4.10. The Kier molecular flexibility index (Phi) is 4.35. The maximum atomic E-state index is 12.5. The van der Waals surface area contributed by atoms with Crippen molar-refractivity contribution in [2.75, 3.05) is 16.8 Å². The third-order valence-electron chi connectivity index (χ3n) is 3.85. The van der Waals surface area contributed by atoms with Crippen molar-refractivity contribution >= 4 is 34.7 Å². The summed E-state index contributed by atoms with van der Waals surface area (Å²) in [6, 6.07) is 14.3. The lowest BCUT2D eigenvalue weighted by Gasteiger charge is -2.21. The number of halogens is 1. The predicted molar refractivity (Wildman–Crippen MR) is 92.3 cm³/mol. The Hall–Kier alpha value is -2.33. The van der Waals surface area contributed by atoms with Gasteiger partial charge in [0.05, 0.1) is 17.9 Å². The Morgan fingerprint density at radius 3 is 2.65 bits per heavy atom. The van der Waals surface area contributed by atoms with Crippen LogP contribution in [0.3, 0.4) is 0 Å². The highest BCUT2D eigenvalue weighted by Gasteiger charge is 2.27. The van der Waals surface area contributed by atoms with Gasteiger partial charge in [0.25, 0.3) is 0 Å². The van der Waals surface area contributed by atoms with Gasteiger partial charge in [-0.3, -0.25) is 9.59 Å². The Balaban J connectivity index is 1.90. The number of hydrogen-bond donors (Lipinski definition) is 1. The summed E-state index contributed by atoms with van der Waals surface area (Å²) in [6.07, 6.45) is 0.350. The minimum Gasteiger partial charge on any atom is -0.380 e. The van der Waals surface area contributed by atoms with Crippen LogP contribution in [-0.2, 0) is 4.79 Å². The first-order valence-corrected chi connectivity index (χ1v) is 7.87. The zero-order valence-corrected chi connectivity index (χ0v) is 13.5. The number of nitrogens with zero attached hydrogens (tertiary/aromatic N) is 1. The Bertz CT molecular complexity index is 743. The van der Waals surface area contributed by atoms with Crippen molar-refractivity contribution in [1.82, 2.24) is 0 Å². The fraction of sp³-hybridized carbons (Fsp3) is 0.222. The van der Waals surface area contributed by atoms with E-state index in [0.29, 0.717) is 17.0 Å². The minimum atomic E-state index is -0.112. The lowest BCUT2D eigenvalue weighted by atomic mass is 10.1. The standard InChI is InChI=1S/C18H17ClN2O2/c1-12-10-18(23)21(16-5-3-2-4-15(16)20-12)11-17(22)13-6-8-14(19)9-7-13/h2-9,12,20H,10-11H2,1H3. The molecule has 4 nitrogen and oxygen atoms in total. The summed E-state index contributed by atoms with van der Waals surface area (Å²) >= 11 is 5.85. The number of fused-ring (bicyclic) bond motifs is 1. The predicted octanol–water partition coefficient (Wildman–Crippen LogP) is 3.76. The molecule has 3 rings (SSSR count). The second-order valence-electron chi connectivity index (χ2n) is 5.68. The number of rotatable bonds is 3. The molecular weight excluding hydrogens is 312 g/mol. The molecule has 5 heteroatoms. The number of para-hydroxylation sites is 2. The molecule has 1 amide bonds. The van der Waals surface area contributed by atoms with Crippen LogP contribution in [-0.4, -0.2) is 24.3 Å². The molecule has 0 saturated carbocycles. The van der Waals surface area contributed by atoms with Crippen molar-refractivity contribution in [1.29, 1.82) is 0 Å². The zero-order chi connectivity index (χ0) is 16.4. The van der Waals surface area contributed by atoms with E-state index >= 15 is 0 Å². The van der Waals surface area contributed by atoms with Crippen LogP contribution in [0.1, 0.15) is 23.7 Å². The highest BCUT2D eigenvalue weighted by atomic mass is 35.5. The van der Waals surface area contributed by atoms with Gasteiger partial charge in [0, 0.05) is 23.0 Å². The van der Waals surface area contributed by atoms with Crippen LogP contribution < -0.4 is 10.2 Å². The van der Waals surface area contributed by atoms with Gasteiger partial charge in [0.2, 0.25) is 5.91 Å². The molecule has 2 aromatic carbocycles. The van der Waals surface area contributed by atoms with E-state index < -0.39 is 0 Å². The van der Waals surface area contributed by atoms with Gasteiger partial charge in [-0.15, -0.1) is 0 Å². The second kappa shape index (κ2) is 6.42. The maximum absolute atomic E-state index is 12.5. The average Bonchev–Trinajstić information content (AvgIpc) is 2.64. The van der Waals surface area contributed by atoms with E-state index in [1.807, 2.05) is 31.2 Å². The van der Waals surface area contributed by atoms with Crippen LogP contribution in [0.2, 0.25) is 5.02 Å². The van der Waals surface area contributed by atoms with Gasteiger partial charge in [0.15, 0.2) is 5.78 Å². The first-order chi connectivity index (χ1) is 11.0. The quantitative estimate of drug-likeness (QED) is 0.873. The summed E-state index contributed by atoms with van der Waals surface area (Å²) in [7, 11) is 0. The number of hydrogen-bond acceptors (Lipinski definition) is 3. The first-order valence-electron chi connectivity index (χ1n) is 7.49. The van der Waals surface area contributed by atoms with Crippen LogP contribution in [0.4, 0.5) is 11.4 Å². The molecular formula is C18H17ClN2O2. The Labute approximate surface area is 140 Å². The summed E-state index contributed by atoms with van der Waals surface area (Å²) in [5.74, 6) is -0.170. The number of ketones is 1. The lowest BCUT2D eigenvalue weighted by molar-refractivity contribution is -0.118. The van der Waals surface area contributed by atoms with Gasteiger partial charge in [-0.05, 0) is 43.3 Å². The highest BCUT2D eigenvalue weighted by Crippen LogP contribution is 2.30. The van der Waals surface area contributed by atoms with Crippen molar-refractivity contribution in [3.05, 3.63) is 59.1 Å². The number of Topliss-reactive ketones (excluding diaryl/α,β-unsaturated/α-hetero) is 1. The molecule has 0 aromatic heterocycles. The summed E-state index contributed by atoms with van der Waals surface area (Å²) in [5.41, 5.74) is 2.16. The maximum Gasteiger partial charge on any atom is 0.229 e. The summed E-state index contributed by atoms with van der Waals surface area (Å²) in [5, 5.41) is 3.89. The molecule has 0 spiro atoms. The lowest BCUT2D eigenvalue weighted by Crippen LogP contribution is -2.36. The molecule has 118 valence electrons. The monoisotopic (exact) mass is 328 g/mol. The number of amides is 1. The average molecular weight is 329 g/mol. The number of anilines is 2. The van der Waals surface area contributed by atoms with E-state index in [0.717, 1.165) is 11.4 Å². The normalized spacial score (nSPS) is 17.2. The van der Waals surface area contributed by atoms with Crippen molar-refractivity contribution in [3.63, 3.8) is 0 Å². The van der Waals surface area contributed by atoms with E-state index in [1.54, 1.807) is 29.2 Å². The van der Waals surface area contributed by atoms with Gasteiger partial charge in [-0.1, -0.05) is 23.7 Å². The fourth-order valence-electron chi connectivity index (χ4n) is 2.70. The van der Waals surface area contributed by atoms with Crippen LogP contribution in [0.15, 0.2) is 48.5 Å². The summed E-state index contributed by atoms with van der Waals surface area (Å²) in [4.78, 5) is 26.6. The van der Waals surface area contributed by atoms with Gasteiger partial charge >= 0.3 is 0 Å². The molecule has 0 aliphatic carbocycles. The van der Waals surface area contributed by atoms with Crippen LogP contribution in [0.5, 0.6) is 0 Å². The molecule has 0 fully saturated rings. The summed E-state index contributed by atoms with van der Waals surface area (Å²) in [6.45, 7) is 1.98. The molecule has 0 saturated heterocycles. The van der Waals surface area contributed by atoms with Gasteiger partial charge in [-0.2, -0.15) is 0 Å².